The fraction of sp³-hybridized carbons (Fsp3) is 0.615. The molecule has 0 aromatic carbocycles. The Morgan fingerprint density at radius 2 is 2.21 bits per heavy atom. The maximum absolute atomic E-state index is 10.3. The number of anilines is 1. The van der Waals surface area contributed by atoms with Crippen LogP contribution >= 0.6 is 11.6 Å². The molecule has 0 bridgehead atoms. The second-order valence-electron chi connectivity index (χ2n) is 5.17. The summed E-state index contributed by atoms with van der Waals surface area (Å²) in [4.78, 5) is 6.71. The van der Waals surface area contributed by atoms with E-state index in [0.717, 1.165) is 12.4 Å². The summed E-state index contributed by atoms with van der Waals surface area (Å²) in [5.74, 6) is 0.790. The maximum atomic E-state index is 10.3. The fourth-order valence-electron chi connectivity index (χ4n) is 2.38. The average Bonchev–Trinajstić information content (AvgIpc) is 2.35. The van der Waals surface area contributed by atoms with Crippen molar-refractivity contribution in [3.05, 3.63) is 22.8 Å². The van der Waals surface area contributed by atoms with Crippen LogP contribution in [0.4, 0.5) is 5.82 Å². The zero-order valence-electron chi connectivity index (χ0n) is 10.8. The molecule has 2 aliphatic heterocycles. The molecular formula is C13H17ClN2O3. The first-order chi connectivity index (χ1) is 9.08. The van der Waals surface area contributed by atoms with E-state index in [1.165, 1.54) is 0 Å². The SMILES string of the molecule is CC1COCCN1c1cc(Cl)cc(C2(O)COC2)n1. The van der Waals surface area contributed by atoms with E-state index >= 15 is 0 Å². The molecule has 1 aromatic heterocycles. The summed E-state index contributed by atoms with van der Waals surface area (Å²) in [7, 11) is 0. The molecule has 3 rings (SSSR count). The highest BCUT2D eigenvalue weighted by Crippen LogP contribution is 2.32. The zero-order valence-corrected chi connectivity index (χ0v) is 11.6. The highest BCUT2D eigenvalue weighted by atomic mass is 35.5. The molecule has 3 heterocycles. The van der Waals surface area contributed by atoms with Crippen molar-refractivity contribution in [2.75, 3.05) is 37.9 Å². The lowest BCUT2D eigenvalue weighted by Gasteiger charge is -2.38. The molecule has 104 valence electrons. The molecule has 2 fully saturated rings. The zero-order chi connectivity index (χ0) is 13.5. The van der Waals surface area contributed by atoms with E-state index in [4.69, 9.17) is 21.1 Å². The third-order valence-electron chi connectivity index (χ3n) is 3.60. The minimum atomic E-state index is -0.991. The van der Waals surface area contributed by atoms with Crippen LogP contribution in [0.3, 0.4) is 0 Å². The molecule has 6 heteroatoms. The fourth-order valence-corrected chi connectivity index (χ4v) is 2.58. The Bertz CT molecular complexity index is 479. The van der Waals surface area contributed by atoms with Gasteiger partial charge in [0.05, 0.1) is 38.2 Å². The lowest BCUT2D eigenvalue weighted by Crippen LogP contribution is -2.48. The molecule has 2 aliphatic rings. The van der Waals surface area contributed by atoms with E-state index in [1.54, 1.807) is 6.07 Å². The van der Waals surface area contributed by atoms with Crippen molar-refractivity contribution < 1.29 is 14.6 Å². The van der Waals surface area contributed by atoms with Crippen LogP contribution in [0.2, 0.25) is 5.02 Å². The van der Waals surface area contributed by atoms with Crippen LogP contribution in [-0.2, 0) is 15.1 Å². The van der Waals surface area contributed by atoms with Crippen LogP contribution in [0, 0.1) is 0 Å². The Balaban J connectivity index is 1.93. The molecule has 1 atom stereocenters. The van der Waals surface area contributed by atoms with Gasteiger partial charge in [-0.15, -0.1) is 0 Å². The maximum Gasteiger partial charge on any atom is 0.153 e. The predicted octanol–water partition coefficient (Wildman–Crippen LogP) is 1.18. The standard InChI is InChI=1S/C13H17ClN2O3/c1-9-6-18-3-2-16(9)12-5-10(14)4-11(15-12)13(17)7-19-8-13/h4-5,9,17H,2-3,6-8H2,1H3. The molecular weight excluding hydrogens is 268 g/mol. The van der Waals surface area contributed by atoms with Gasteiger partial charge in [0.15, 0.2) is 5.60 Å². The minimum Gasteiger partial charge on any atom is -0.379 e. The van der Waals surface area contributed by atoms with Crippen LogP contribution in [0.1, 0.15) is 12.6 Å². The van der Waals surface area contributed by atoms with E-state index in [0.29, 0.717) is 23.9 Å². The van der Waals surface area contributed by atoms with Gasteiger partial charge in [0, 0.05) is 11.6 Å². The summed E-state index contributed by atoms with van der Waals surface area (Å²) in [6, 6.07) is 3.79. The lowest BCUT2D eigenvalue weighted by molar-refractivity contribution is -0.186. The summed E-state index contributed by atoms with van der Waals surface area (Å²) >= 11 is 6.15. The van der Waals surface area contributed by atoms with E-state index in [2.05, 4.69) is 16.8 Å². The van der Waals surface area contributed by atoms with Crippen molar-refractivity contribution >= 4 is 17.4 Å². The number of nitrogens with zero attached hydrogens (tertiary/aromatic N) is 2. The molecule has 19 heavy (non-hydrogen) atoms. The van der Waals surface area contributed by atoms with Crippen molar-refractivity contribution in [2.24, 2.45) is 0 Å². The van der Waals surface area contributed by atoms with Crippen LogP contribution < -0.4 is 4.90 Å². The van der Waals surface area contributed by atoms with Crippen LogP contribution in [0.15, 0.2) is 12.1 Å². The van der Waals surface area contributed by atoms with Crippen LogP contribution in [0.5, 0.6) is 0 Å². The third kappa shape index (κ3) is 2.43. The normalized spacial score (nSPS) is 26.1. The smallest absolute Gasteiger partial charge is 0.153 e. The Kier molecular flexibility index (Phi) is 3.39. The van der Waals surface area contributed by atoms with Crippen molar-refractivity contribution in [3.8, 4) is 0 Å². The van der Waals surface area contributed by atoms with Crippen LogP contribution in [-0.4, -0.2) is 49.1 Å². The van der Waals surface area contributed by atoms with Crippen LogP contribution in [0.25, 0.3) is 0 Å². The van der Waals surface area contributed by atoms with Gasteiger partial charge in [0.2, 0.25) is 0 Å². The molecule has 1 N–H and O–H groups in total. The number of aliphatic hydroxyl groups is 1. The Morgan fingerprint density at radius 1 is 1.42 bits per heavy atom. The summed E-state index contributed by atoms with van der Waals surface area (Å²) < 4.78 is 10.5. The highest BCUT2D eigenvalue weighted by Gasteiger charge is 2.40. The van der Waals surface area contributed by atoms with Gasteiger partial charge >= 0.3 is 0 Å². The Labute approximate surface area is 117 Å². The van der Waals surface area contributed by atoms with Gasteiger partial charge in [-0.1, -0.05) is 11.6 Å². The monoisotopic (exact) mass is 284 g/mol. The molecule has 1 unspecified atom stereocenters. The van der Waals surface area contributed by atoms with Gasteiger partial charge < -0.3 is 19.5 Å². The second-order valence-corrected chi connectivity index (χ2v) is 5.61. The third-order valence-corrected chi connectivity index (χ3v) is 3.82. The lowest BCUT2D eigenvalue weighted by atomic mass is 9.97. The number of hydrogen-bond acceptors (Lipinski definition) is 5. The molecule has 0 radical (unpaired) electrons. The first kappa shape index (κ1) is 13.1. The second kappa shape index (κ2) is 4.90. The van der Waals surface area contributed by atoms with Gasteiger partial charge in [0.1, 0.15) is 5.82 Å². The van der Waals surface area contributed by atoms with Gasteiger partial charge in [-0.3, -0.25) is 0 Å². The predicted molar refractivity (Wildman–Crippen MR) is 71.6 cm³/mol. The molecule has 0 spiro atoms. The van der Waals surface area contributed by atoms with E-state index in [9.17, 15) is 5.11 Å². The molecule has 0 aliphatic carbocycles. The van der Waals surface area contributed by atoms with Crippen molar-refractivity contribution in [3.63, 3.8) is 0 Å². The largest absolute Gasteiger partial charge is 0.379 e. The van der Waals surface area contributed by atoms with Gasteiger partial charge in [-0.05, 0) is 19.1 Å². The van der Waals surface area contributed by atoms with Crippen molar-refractivity contribution in [1.82, 2.24) is 4.98 Å². The van der Waals surface area contributed by atoms with Gasteiger partial charge in [-0.2, -0.15) is 0 Å². The molecule has 0 amide bonds. The number of pyridine rings is 1. The topological polar surface area (TPSA) is 54.8 Å². The number of morpholine rings is 1. The highest BCUT2D eigenvalue weighted by molar-refractivity contribution is 6.30. The summed E-state index contributed by atoms with van der Waals surface area (Å²) in [6.45, 7) is 4.78. The molecule has 0 saturated carbocycles. The minimum absolute atomic E-state index is 0.250. The van der Waals surface area contributed by atoms with Gasteiger partial charge in [0.25, 0.3) is 0 Å². The van der Waals surface area contributed by atoms with Crippen molar-refractivity contribution in [2.45, 2.75) is 18.6 Å². The number of halogens is 1. The van der Waals surface area contributed by atoms with Gasteiger partial charge in [-0.25, -0.2) is 4.98 Å². The first-order valence-corrected chi connectivity index (χ1v) is 6.79. The number of ether oxygens (including phenoxy) is 2. The quantitative estimate of drug-likeness (QED) is 0.884. The van der Waals surface area contributed by atoms with E-state index in [-0.39, 0.29) is 19.3 Å². The summed E-state index contributed by atoms with van der Waals surface area (Å²) in [6.07, 6.45) is 0. The molecule has 2 saturated heterocycles. The number of rotatable bonds is 2. The summed E-state index contributed by atoms with van der Waals surface area (Å²) in [5, 5.41) is 10.9. The number of aromatic nitrogens is 1. The average molecular weight is 285 g/mol. The summed E-state index contributed by atoms with van der Waals surface area (Å²) in [5.41, 5.74) is -0.408. The molecule has 5 nitrogen and oxygen atoms in total. The molecule has 1 aromatic rings. The van der Waals surface area contributed by atoms with Crippen molar-refractivity contribution in [1.29, 1.82) is 0 Å². The van der Waals surface area contributed by atoms with E-state index < -0.39 is 5.60 Å². The van der Waals surface area contributed by atoms with E-state index in [1.807, 2.05) is 6.07 Å². The number of hydrogen-bond donors (Lipinski definition) is 1. The first-order valence-electron chi connectivity index (χ1n) is 6.41. The Morgan fingerprint density at radius 3 is 2.84 bits per heavy atom. The Hall–Kier alpha value is -0.880.